The average Bonchev–Trinajstić information content (AvgIpc) is 2.27. The van der Waals surface area contributed by atoms with Gasteiger partial charge in [0, 0.05) is 17.3 Å². The Morgan fingerprint density at radius 2 is 1.84 bits per heavy atom. The summed E-state index contributed by atoms with van der Waals surface area (Å²) in [4.78, 5) is 12.1. The molecule has 4 heteroatoms. The van der Waals surface area contributed by atoms with E-state index in [1.54, 1.807) is 18.2 Å². The number of amides is 1. The Morgan fingerprint density at radius 1 is 1.26 bits per heavy atom. The molecule has 0 radical (unpaired) electrons. The van der Waals surface area contributed by atoms with Crippen LogP contribution in [0.25, 0.3) is 0 Å². The molecule has 1 aromatic rings. The molecule has 0 saturated carbocycles. The van der Waals surface area contributed by atoms with Crippen LogP contribution in [0.4, 0.5) is 5.69 Å². The number of hydrogen-bond donors (Lipinski definition) is 2. The fourth-order valence-corrected chi connectivity index (χ4v) is 2.47. The summed E-state index contributed by atoms with van der Waals surface area (Å²) in [5, 5.41) is 3.50. The number of nitrogens with one attached hydrogen (secondary N) is 1. The molecule has 0 unspecified atom stereocenters. The first-order valence-corrected chi connectivity index (χ1v) is 7.04. The van der Waals surface area contributed by atoms with Crippen molar-refractivity contribution in [2.24, 2.45) is 17.8 Å². The van der Waals surface area contributed by atoms with Gasteiger partial charge < -0.3 is 11.1 Å². The molecule has 0 bridgehead atoms. The number of rotatable bonds is 5. The van der Waals surface area contributed by atoms with Gasteiger partial charge in [0.25, 0.3) is 5.91 Å². The van der Waals surface area contributed by atoms with Crippen LogP contribution in [-0.4, -0.2) is 12.5 Å². The number of halogens is 1. The lowest BCUT2D eigenvalue weighted by Crippen LogP contribution is -2.34. The maximum Gasteiger partial charge on any atom is 0.253 e. The smallest absolute Gasteiger partial charge is 0.253 e. The van der Waals surface area contributed by atoms with Crippen LogP contribution in [0.5, 0.6) is 0 Å². The highest BCUT2D eigenvalue weighted by Crippen LogP contribution is 2.21. The van der Waals surface area contributed by atoms with E-state index >= 15 is 0 Å². The Kier molecular flexibility index (Phi) is 5.67. The molecule has 1 aromatic carbocycles. The van der Waals surface area contributed by atoms with Crippen LogP contribution in [0.3, 0.4) is 0 Å². The van der Waals surface area contributed by atoms with Gasteiger partial charge in [0.05, 0.1) is 5.56 Å². The average molecular weight is 283 g/mol. The Balaban J connectivity index is 2.69. The topological polar surface area (TPSA) is 55.1 Å². The molecule has 1 rings (SSSR count). The number of nitrogen functional groups attached to an aromatic ring is 1. The third-order valence-electron chi connectivity index (χ3n) is 3.47. The molecule has 0 spiro atoms. The van der Waals surface area contributed by atoms with Crippen LogP contribution in [0.2, 0.25) is 5.02 Å². The number of carbonyl (C=O) groups excluding carboxylic acids is 1. The van der Waals surface area contributed by atoms with E-state index < -0.39 is 0 Å². The zero-order valence-corrected chi connectivity index (χ0v) is 12.8. The predicted molar refractivity (Wildman–Crippen MR) is 81.4 cm³/mol. The predicted octanol–water partition coefficient (Wildman–Crippen LogP) is 3.58. The van der Waals surface area contributed by atoms with Crippen molar-refractivity contribution >= 4 is 23.2 Å². The largest absolute Gasteiger partial charge is 0.398 e. The Labute approximate surface area is 120 Å². The highest BCUT2D eigenvalue weighted by Gasteiger charge is 2.19. The maximum atomic E-state index is 12.1. The number of carbonyl (C=O) groups is 1. The summed E-state index contributed by atoms with van der Waals surface area (Å²) in [6, 6.07) is 4.93. The minimum absolute atomic E-state index is 0.138. The minimum atomic E-state index is -0.138. The van der Waals surface area contributed by atoms with E-state index in [9.17, 15) is 4.79 Å². The lowest BCUT2D eigenvalue weighted by molar-refractivity contribution is 0.0938. The number of benzene rings is 1. The SMILES string of the molecule is CC(C)C(CNC(=O)c1ccc(Cl)cc1N)C(C)C. The molecule has 0 saturated heterocycles. The summed E-state index contributed by atoms with van der Waals surface area (Å²) in [5.74, 6) is 1.38. The van der Waals surface area contributed by atoms with Crippen molar-refractivity contribution in [1.82, 2.24) is 5.32 Å². The second kappa shape index (κ2) is 6.80. The van der Waals surface area contributed by atoms with E-state index in [1.165, 1.54) is 0 Å². The maximum absolute atomic E-state index is 12.1. The molecule has 106 valence electrons. The molecule has 0 aromatic heterocycles. The third kappa shape index (κ3) is 4.43. The Bertz CT molecular complexity index is 436. The van der Waals surface area contributed by atoms with Crippen molar-refractivity contribution in [2.75, 3.05) is 12.3 Å². The first-order valence-electron chi connectivity index (χ1n) is 6.66. The fraction of sp³-hybridized carbons (Fsp3) is 0.533. The fourth-order valence-electron chi connectivity index (χ4n) is 2.29. The summed E-state index contributed by atoms with van der Waals surface area (Å²) < 4.78 is 0. The molecule has 1 amide bonds. The van der Waals surface area contributed by atoms with Crippen molar-refractivity contribution in [3.05, 3.63) is 28.8 Å². The van der Waals surface area contributed by atoms with Crippen LogP contribution in [-0.2, 0) is 0 Å². The number of nitrogens with two attached hydrogens (primary N) is 1. The van der Waals surface area contributed by atoms with Crippen LogP contribution < -0.4 is 11.1 Å². The van der Waals surface area contributed by atoms with Gasteiger partial charge in [0.1, 0.15) is 0 Å². The van der Waals surface area contributed by atoms with Crippen molar-refractivity contribution in [3.63, 3.8) is 0 Å². The van der Waals surface area contributed by atoms with Crippen molar-refractivity contribution in [2.45, 2.75) is 27.7 Å². The molecule has 0 aliphatic rings. The van der Waals surface area contributed by atoms with Gasteiger partial charge in [-0.2, -0.15) is 0 Å². The second-order valence-corrected chi connectivity index (χ2v) is 6.03. The van der Waals surface area contributed by atoms with E-state index in [-0.39, 0.29) is 5.91 Å². The highest BCUT2D eigenvalue weighted by atomic mass is 35.5. The summed E-state index contributed by atoms with van der Waals surface area (Å²) in [6.07, 6.45) is 0. The van der Waals surface area contributed by atoms with Crippen molar-refractivity contribution in [3.8, 4) is 0 Å². The quantitative estimate of drug-likeness (QED) is 0.811. The van der Waals surface area contributed by atoms with Crippen LogP contribution in [0.1, 0.15) is 38.1 Å². The Morgan fingerprint density at radius 3 is 2.32 bits per heavy atom. The second-order valence-electron chi connectivity index (χ2n) is 5.59. The molecule has 0 aliphatic carbocycles. The van der Waals surface area contributed by atoms with Gasteiger partial charge in [-0.25, -0.2) is 0 Å². The first-order chi connectivity index (χ1) is 8.82. The lowest BCUT2D eigenvalue weighted by atomic mass is 9.85. The standard InChI is InChI=1S/C15H23ClN2O/c1-9(2)13(10(3)4)8-18-15(19)12-6-5-11(16)7-14(12)17/h5-7,9-10,13H,8,17H2,1-4H3,(H,18,19). The van der Waals surface area contributed by atoms with E-state index in [4.69, 9.17) is 17.3 Å². The summed E-state index contributed by atoms with van der Waals surface area (Å²) in [6.45, 7) is 9.36. The van der Waals surface area contributed by atoms with E-state index in [2.05, 4.69) is 33.0 Å². The summed E-state index contributed by atoms with van der Waals surface area (Å²) >= 11 is 5.82. The van der Waals surface area contributed by atoms with Gasteiger partial charge in [0.2, 0.25) is 0 Å². The molecule has 0 heterocycles. The van der Waals surface area contributed by atoms with Crippen LogP contribution in [0.15, 0.2) is 18.2 Å². The molecule has 0 fully saturated rings. The van der Waals surface area contributed by atoms with Gasteiger partial charge in [0.15, 0.2) is 0 Å². The minimum Gasteiger partial charge on any atom is -0.398 e. The molecular weight excluding hydrogens is 260 g/mol. The van der Waals surface area contributed by atoms with Gasteiger partial charge >= 0.3 is 0 Å². The molecule has 0 aliphatic heterocycles. The zero-order valence-electron chi connectivity index (χ0n) is 12.0. The van der Waals surface area contributed by atoms with E-state index in [1.807, 2.05) is 0 Å². The summed E-state index contributed by atoms with van der Waals surface area (Å²) in [5.41, 5.74) is 6.70. The van der Waals surface area contributed by atoms with Gasteiger partial charge in [-0.3, -0.25) is 4.79 Å². The summed E-state index contributed by atoms with van der Waals surface area (Å²) in [7, 11) is 0. The first kappa shape index (κ1) is 15.8. The molecule has 3 N–H and O–H groups in total. The van der Waals surface area contributed by atoms with Crippen molar-refractivity contribution < 1.29 is 4.79 Å². The van der Waals surface area contributed by atoms with E-state index in [0.29, 0.717) is 40.6 Å². The van der Waals surface area contributed by atoms with Gasteiger partial charge in [-0.1, -0.05) is 39.3 Å². The van der Waals surface area contributed by atoms with Crippen molar-refractivity contribution in [1.29, 1.82) is 0 Å². The molecular formula is C15H23ClN2O. The van der Waals surface area contributed by atoms with E-state index in [0.717, 1.165) is 0 Å². The molecule has 19 heavy (non-hydrogen) atoms. The lowest BCUT2D eigenvalue weighted by Gasteiger charge is -2.25. The van der Waals surface area contributed by atoms with Gasteiger partial charge in [-0.15, -0.1) is 0 Å². The Hall–Kier alpha value is -1.22. The molecule has 3 nitrogen and oxygen atoms in total. The molecule has 0 atom stereocenters. The normalized spacial score (nSPS) is 11.4. The van der Waals surface area contributed by atoms with Crippen LogP contribution >= 0.6 is 11.6 Å². The highest BCUT2D eigenvalue weighted by molar-refractivity contribution is 6.31. The zero-order chi connectivity index (χ0) is 14.6. The number of anilines is 1. The van der Waals surface area contributed by atoms with Crippen LogP contribution in [0, 0.1) is 17.8 Å². The third-order valence-corrected chi connectivity index (χ3v) is 3.70. The monoisotopic (exact) mass is 282 g/mol. The number of hydrogen-bond acceptors (Lipinski definition) is 2. The van der Waals surface area contributed by atoms with Gasteiger partial charge in [-0.05, 0) is 36.0 Å².